The van der Waals surface area contributed by atoms with Gasteiger partial charge in [-0.3, -0.25) is 0 Å². The molecule has 0 aliphatic heterocycles. The Labute approximate surface area is 378 Å². The van der Waals surface area contributed by atoms with Gasteiger partial charge < -0.3 is 18.6 Å². The van der Waals surface area contributed by atoms with Gasteiger partial charge >= 0.3 is 62.5 Å². The van der Waals surface area contributed by atoms with E-state index in [1.807, 2.05) is 27.9 Å². The van der Waals surface area contributed by atoms with Crippen molar-refractivity contribution in [1.29, 1.82) is 0 Å². The Balaban J connectivity index is 0.000000189. The minimum Gasteiger partial charge on any atom is -0.508 e. The molecule has 0 saturated carbocycles. The lowest BCUT2D eigenvalue weighted by Gasteiger charge is -2.14. The highest BCUT2D eigenvalue weighted by Crippen LogP contribution is 2.41. The van der Waals surface area contributed by atoms with Crippen LogP contribution < -0.4 is 8.37 Å². The predicted octanol–water partition coefficient (Wildman–Crippen LogP) is 10.9. The molecule has 0 unspecified atom stereocenters. The summed E-state index contributed by atoms with van der Waals surface area (Å²) in [7, 11) is -25.7. The van der Waals surface area contributed by atoms with Gasteiger partial charge in [-0.25, -0.2) is 0 Å². The van der Waals surface area contributed by atoms with Crippen molar-refractivity contribution >= 4 is 105 Å². The number of rotatable bonds is 6. The number of hydrogen-bond acceptors (Lipinski definition) is 13. The summed E-state index contributed by atoms with van der Waals surface area (Å²) in [5.41, 5.74) is -23.9. The molecule has 0 heterocycles. The molecule has 8 rings (SSSR count). The second-order valence-corrected chi connectivity index (χ2v) is 20.2. The fraction of sp³-hybridized carbons (Fsp3) is 0.100. The Kier molecular flexibility index (Phi) is 13.3. The Morgan fingerprint density at radius 2 is 0.536 bits per heavy atom. The number of alkyl halides is 12. The summed E-state index contributed by atoms with van der Waals surface area (Å²) in [5.74, 6) is -0.957. The van der Waals surface area contributed by atoms with E-state index in [1.165, 1.54) is 12.1 Å². The Bertz CT molecular complexity index is 3560. The summed E-state index contributed by atoms with van der Waals surface area (Å²) in [6.07, 6.45) is 0. The van der Waals surface area contributed by atoms with Crippen molar-refractivity contribution in [3.63, 3.8) is 0 Å². The van der Waals surface area contributed by atoms with Crippen molar-refractivity contribution in [3.8, 4) is 23.0 Å². The second-order valence-electron chi connectivity index (χ2n) is 13.8. The van der Waals surface area contributed by atoms with E-state index in [4.69, 9.17) is 0 Å². The molecule has 0 bridgehead atoms. The van der Waals surface area contributed by atoms with Crippen molar-refractivity contribution in [2.75, 3.05) is 0 Å². The third-order valence-corrected chi connectivity index (χ3v) is 13.8. The van der Waals surface area contributed by atoms with Crippen molar-refractivity contribution in [1.82, 2.24) is 0 Å². The van der Waals surface area contributed by atoms with E-state index in [2.05, 4.69) is 20.5 Å². The molecule has 0 radical (unpaired) electrons. The van der Waals surface area contributed by atoms with Gasteiger partial charge in [-0.1, -0.05) is 60.7 Å². The number of hydrogen-bond donors (Lipinski definition) is 2. The number of phenols is 2. The molecule has 8 aromatic rings. The SMILES string of the molecule is O=S(=O)(OS(=O)(=O)C(F)(F)F)C(F)(F)F.O=S(=O)(Oc1ccc2c3ccccc3c3ccc(OS(=O)(=O)C(F)(F)F)cc3c2c1)C(F)(F)F.Oc1ccc2c3ccccc3c3ccc(O)cc3c2c1. The van der Waals surface area contributed by atoms with Crippen LogP contribution in [0.4, 0.5) is 52.7 Å². The van der Waals surface area contributed by atoms with Crippen LogP contribution in [-0.4, -0.2) is 65.9 Å². The van der Waals surface area contributed by atoms with Crippen molar-refractivity contribution in [2.24, 2.45) is 0 Å². The van der Waals surface area contributed by atoms with Crippen LogP contribution in [0, 0.1) is 0 Å². The number of aromatic hydroxyl groups is 2. The molecule has 0 fully saturated rings. The molecular formula is C40H22F12O13S4. The molecule has 8 aromatic carbocycles. The Morgan fingerprint density at radius 1 is 0.304 bits per heavy atom. The number of phenolic OH excluding ortho intramolecular Hbond substituents is 2. The molecule has 0 aliphatic rings. The molecule has 0 amide bonds. The first-order chi connectivity index (χ1) is 31.6. The molecule has 13 nitrogen and oxygen atoms in total. The first kappa shape index (κ1) is 51.8. The zero-order chi connectivity index (χ0) is 51.5. The van der Waals surface area contributed by atoms with Crippen LogP contribution >= 0.6 is 0 Å². The summed E-state index contributed by atoms with van der Waals surface area (Å²) in [5, 5.41) is 28.0. The molecule has 0 saturated heterocycles. The first-order valence-corrected chi connectivity index (χ1v) is 23.7. The lowest BCUT2D eigenvalue weighted by atomic mass is 9.94. The van der Waals surface area contributed by atoms with Crippen LogP contribution in [0.1, 0.15) is 0 Å². The fourth-order valence-corrected chi connectivity index (χ4v) is 8.96. The average molecular weight is 1070 g/mol. The quantitative estimate of drug-likeness (QED) is 0.0689. The van der Waals surface area contributed by atoms with Gasteiger partial charge in [-0.15, -0.1) is 3.63 Å². The van der Waals surface area contributed by atoms with Crippen LogP contribution in [0.2, 0.25) is 0 Å². The lowest BCUT2D eigenvalue weighted by Crippen LogP contribution is -2.34. The minimum atomic E-state index is -6.85. The largest absolute Gasteiger partial charge is 0.534 e. The van der Waals surface area contributed by atoms with Gasteiger partial charge in [0.25, 0.3) is 0 Å². The molecule has 0 spiro atoms. The van der Waals surface area contributed by atoms with Gasteiger partial charge in [0.1, 0.15) is 23.0 Å². The van der Waals surface area contributed by atoms with E-state index in [9.17, 15) is 96.6 Å². The van der Waals surface area contributed by atoms with E-state index in [0.29, 0.717) is 21.5 Å². The zero-order valence-corrected chi connectivity index (χ0v) is 36.4. The van der Waals surface area contributed by atoms with E-state index >= 15 is 0 Å². The molecule has 29 heteroatoms. The summed E-state index contributed by atoms with van der Waals surface area (Å²) < 4.78 is 240. The van der Waals surface area contributed by atoms with Gasteiger partial charge in [0.05, 0.1) is 0 Å². The molecule has 0 atom stereocenters. The standard InChI is InChI=1S/C20H10F6O6S2.C18H12O2.C2F6O5S2/c21-19(22,23)33(27,28)31-11-5-7-15-13-3-1-2-4-14(13)16-8-6-12(10-18(16)17(15)9-11)32-34(29,30)20(24,25)26;19-11-5-7-15-13-3-1-2-4-14(13)16-8-6-12(20)10-18(16)17(15)9-11;3-1(4,5)14(9,10)13-15(11,12)2(6,7)8/h1-10H;1-10,19-20H;. The van der Waals surface area contributed by atoms with Crippen LogP contribution in [0.3, 0.4) is 0 Å². The topological polar surface area (TPSA) is 205 Å². The number of benzene rings is 8. The van der Waals surface area contributed by atoms with E-state index in [0.717, 1.165) is 56.6 Å². The van der Waals surface area contributed by atoms with Gasteiger partial charge in [0.15, 0.2) is 0 Å². The second kappa shape index (κ2) is 17.8. The molecule has 368 valence electrons. The highest BCUT2D eigenvalue weighted by atomic mass is 32.3. The molecule has 0 aromatic heterocycles. The van der Waals surface area contributed by atoms with E-state index < -0.39 is 74.0 Å². The van der Waals surface area contributed by atoms with Crippen LogP contribution in [0.15, 0.2) is 121 Å². The molecule has 69 heavy (non-hydrogen) atoms. The summed E-state index contributed by atoms with van der Waals surface area (Å²) in [6, 6.07) is 32.1. The zero-order valence-electron chi connectivity index (χ0n) is 33.1. The normalized spacial score (nSPS) is 13.3. The first-order valence-electron chi connectivity index (χ1n) is 18.0. The predicted molar refractivity (Wildman–Crippen MR) is 223 cm³/mol. The summed E-state index contributed by atoms with van der Waals surface area (Å²) >= 11 is 0. The lowest BCUT2D eigenvalue weighted by molar-refractivity contribution is -0.0586. The summed E-state index contributed by atoms with van der Waals surface area (Å²) in [4.78, 5) is 0. The van der Waals surface area contributed by atoms with Gasteiger partial charge in [-0.2, -0.15) is 86.4 Å². The minimum absolute atomic E-state index is 0.0819. The highest BCUT2D eigenvalue weighted by molar-refractivity contribution is 8.00. The molecular weight excluding hydrogens is 1040 g/mol. The molecule has 2 N–H and O–H groups in total. The van der Waals surface area contributed by atoms with Crippen LogP contribution in [0.25, 0.3) is 64.6 Å². The smallest absolute Gasteiger partial charge is 0.508 e. The van der Waals surface area contributed by atoms with Crippen LogP contribution in [-0.2, 0) is 44.1 Å². The van der Waals surface area contributed by atoms with Crippen molar-refractivity contribution < 1.29 is 109 Å². The third-order valence-electron chi connectivity index (χ3n) is 9.31. The fourth-order valence-electron chi connectivity index (χ4n) is 6.49. The average Bonchev–Trinajstić information content (AvgIpc) is 3.22. The maximum atomic E-state index is 12.7. The van der Waals surface area contributed by atoms with Gasteiger partial charge in [-0.05, 0) is 125 Å². The van der Waals surface area contributed by atoms with Gasteiger partial charge in [0.2, 0.25) is 0 Å². The molecule has 0 aliphatic carbocycles. The van der Waals surface area contributed by atoms with Crippen molar-refractivity contribution in [2.45, 2.75) is 22.0 Å². The monoisotopic (exact) mass is 1070 g/mol. The van der Waals surface area contributed by atoms with E-state index in [-0.39, 0.29) is 22.3 Å². The number of halogens is 12. The number of fused-ring (bicyclic) bond motifs is 12. The Morgan fingerprint density at radius 3 is 0.797 bits per heavy atom. The Hall–Kier alpha value is -6.56. The maximum absolute atomic E-state index is 12.7. The third kappa shape index (κ3) is 10.6. The highest BCUT2D eigenvalue weighted by Gasteiger charge is 2.57. The van der Waals surface area contributed by atoms with Gasteiger partial charge in [0, 0.05) is 0 Å². The summed E-state index contributed by atoms with van der Waals surface area (Å²) in [6.45, 7) is 0. The van der Waals surface area contributed by atoms with Crippen LogP contribution in [0.5, 0.6) is 23.0 Å². The maximum Gasteiger partial charge on any atom is 0.534 e. The van der Waals surface area contributed by atoms with Crippen molar-refractivity contribution in [3.05, 3.63) is 121 Å². The van der Waals surface area contributed by atoms with E-state index in [1.54, 1.807) is 48.5 Å².